The van der Waals surface area contributed by atoms with Crippen LogP contribution in [0, 0.1) is 5.82 Å². The molecule has 0 unspecified atom stereocenters. The average molecular weight is 263 g/mol. The summed E-state index contributed by atoms with van der Waals surface area (Å²) in [5, 5.41) is 1.04. The molecule has 2 heterocycles. The molecule has 4 heteroatoms. The van der Waals surface area contributed by atoms with Gasteiger partial charge in [-0.25, -0.2) is 14.4 Å². The second kappa shape index (κ2) is 4.13. The predicted octanol–water partition coefficient (Wildman–Crippen LogP) is 3.92. The molecule has 4 aromatic rings. The highest BCUT2D eigenvalue weighted by molar-refractivity contribution is 6.04. The van der Waals surface area contributed by atoms with E-state index < -0.39 is 0 Å². The third-order valence-electron chi connectivity index (χ3n) is 3.32. The number of halogens is 1. The first-order chi connectivity index (χ1) is 9.81. The maximum atomic E-state index is 13.3. The number of hydrogen-bond donors (Lipinski definition) is 1. The van der Waals surface area contributed by atoms with Gasteiger partial charge in [-0.1, -0.05) is 30.3 Å². The topological polar surface area (TPSA) is 41.6 Å². The number of rotatable bonds is 1. The van der Waals surface area contributed by atoms with Crippen LogP contribution in [-0.2, 0) is 0 Å². The van der Waals surface area contributed by atoms with Gasteiger partial charge >= 0.3 is 0 Å². The van der Waals surface area contributed by atoms with Crippen molar-refractivity contribution in [3.05, 3.63) is 60.5 Å². The Morgan fingerprint density at radius 3 is 2.75 bits per heavy atom. The van der Waals surface area contributed by atoms with Crippen molar-refractivity contribution in [2.75, 3.05) is 0 Å². The van der Waals surface area contributed by atoms with Crippen LogP contribution in [0.3, 0.4) is 0 Å². The van der Waals surface area contributed by atoms with Gasteiger partial charge in [-0.15, -0.1) is 0 Å². The zero-order valence-corrected chi connectivity index (χ0v) is 10.5. The van der Waals surface area contributed by atoms with Crippen molar-refractivity contribution < 1.29 is 4.39 Å². The molecule has 0 aliphatic heterocycles. The van der Waals surface area contributed by atoms with Crippen LogP contribution in [0.2, 0.25) is 0 Å². The molecule has 4 rings (SSSR count). The normalized spacial score (nSPS) is 11.2. The smallest absolute Gasteiger partial charge is 0.160 e. The Bertz CT molecular complexity index is 927. The molecule has 0 saturated carbocycles. The van der Waals surface area contributed by atoms with Gasteiger partial charge in [0.2, 0.25) is 0 Å². The standard InChI is InChI=1S/C16H10FN3/c17-11-5-3-4-10(8-11)16-18-9-14-15(20-16)12-6-1-2-7-13(12)19-14/h1-9,19H. The Balaban J connectivity index is 2.00. The van der Waals surface area contributed by atoms with E-state index >= 15 is 0 Å². The van der Waals surface area contributed by atoms with E-state index in [1.165, 1.54) is 12.1 Å². The molecule has 0 aliphatic carbocycles. The molecule has 96 valence electrons. The molecule has 2 aromatic heterocycles. The number of aromatic amines is 1. The Morgan fingerprint density at radius 1 is 0.950 bits per heavy atom. The minimum Gasteiger partial charge on any atom is -0.352 e. The number of nitrogens with zero attached hydrogens (tertiary/aromatic N) is 2. The molecule has 2 aromatic carbocycles. The van der Waals surface area contributed by atoms with Crippen LogP contribution < -0.4 is 0 Å². The summed E-state index contributed by atoms with van der Waals surface area (Å²) in [5.74, 6) is 0.242. The van der Waals surface area contributed by atoms with Crippen LogP contribution in [0.4, 0.5) is 4.39 Å². The molecule has 20 heavy (non-hydrogen) atoms. The minimum atomic E-state index is -0.287. The Kier molecular flexibility index (Phi) is 2.29. The molecule has 0 spiro atoms. The van der Waals surface area contributed by atoms with Gasteiger partial charge in [0.15, 0.2) is 5.82 Å². The second-order valence-corrected chi connectivity index (χ2v) is 4.64. The van der Waals surface area contributed by atoms with Crippen molar-refractivity contribution >= 4 is 21.9 Å². The molecule has 0 atom stereocenters. The molecular formula is C16H10FN3. The molecule has 0 radical (unpaired) electrons. The number of H-pyrrole nitrogens is 1. The summed E-state index contributed by atoms with van der Waals surface area (Å²) < 4.78 is 13.3. The van der Waals surface area contributed by atoms with Gasteiger partial charge in [-0.05, 0) is 18.2 Å². The van der Waals surface area contributed by atoms with Crippen molar-refractivity contribution in [2.45, 2.75) is 0 Å². The third kappa shape index (κ3) is 1.66. The van der Waals surface area contributed by atoms with Gasteiger partial charge in [0.1, 0.15) is 5.82 Å². The zero-order valence-electron chi connectivity index (χ0n) is 10.5. The number of nitrogens with one attached hydrogen (secondary N) is 1. The molecule has 0 aliphatic rings. The van der Waals surface area contributed by atoms with Crippen molar-refractivity contribution in [3.63, 3.8) is 0 Å². The third-order valence-corrected chi connectivity index (χ3v) is 3.32. The van der Waals surface area contributed by atoms with Gasteiger partial charge in [-0.3, -0.25) is 0 Å². The maximum absolute atomic E-state index is 13.3. The second-order valence-electron chi connectivity index (χ2n) is 4.64. The molecule has 0 amide bonds. The first-order valence-corrected chi connectivity index (χ1v) is 6.31. The Morgan fingerprint density at radius 2 is 1.85 bits per heavy atom. The fourth-order valence-corrected chi connectivity index (χ4v) is 2.39. The Labute approximate surface area is 114 Å². The summed E-state index contributed by atoms with van der Waals surface area (Å²) in [7, 11) is 0. The van der Waals surface area contributed by atoms with E-state index in [0.29, 0.717) is 11.4 Å². The summed E-state index contributed by atoms with van der Waals surface area (Å²) in [6.45, 7) is 0. The van der Waals surface area contributed by atoms with Crippen LogP contribution in [0.5, 0.6) is 0 Å². The highest BCUT2D eigenvalue weighted by Gasteiger charge is 2.08. The van der Waals surface area contributed by atoms with Crippen LogP contribution in [0.15, 0.2) is 54.7 Å². The lowest BCUT2D eigenvalue weighted by Gasteiger charge is -2.00. The number of para-hydroxylation sites is 1. The monoisotopic (exact) mass is 263 g/mol. The highest BCUT2D eigenvalue weighted by Crippen LogP contribution is 2.25. The highest BCUT2D eigenvalue weighted by atomic mass is 19.1. The van der Waals surface area contributed by atoms with Crippen molar-refractivity contribution in [1.82, 2.24) is 15.0 Å². The van der Waals surface area contributed by atoms with Gasteiger partial charge in [-0.2, -0.15) is 0 Å². The first kappa shape index (κ1) is 11.1. The molecule has 3 nitrogen and oxygen atoms in total. The summed E-state index contributed by atoms with van der Waals surface area (Å²) in [6.07, 6.45) is 1.74. The maximum Gasteiger partial charge on any atom is 0.160 e. The summed E-state index contributed by atoms with van der Waals surface area (Å²) >= 11 is 0. The molecule has 0 bridgehead atoms. The number of benzene rings is 2. The van der Waals surface area contributed by atoms with E-state index in [1.54, 1.807) is 18.3 Å². The Hall–Kier alpha value is -2.75. The van der Waals surface area contributed by atoms with Crippen molar-refractivity contribution in [1.29, 1.82) is 0 Å². The minimum absolute atomic E-state index is 0.287. The van der Waals surface area contributed by atoms with E-state index in [-0.39, 0.29) is 5.82 Å². The fraction of sp³-hybridized carbons (Fsp3) is 0. The van der Waals surface area contributed by atoms with Gasteiger partial charge in [0.25, 0.3) is 0 Å². The van der Waals surface area contributed by atoms with E-state index in [9.17, 15) is 4.39 Å². The van der Waals surface area contributed by atoms with Gasteiger partial charge in [0, 0.05) is 16.5 Å². The lowest BCUT2D eigenvalue weighted by molar-refractivity contribution is 0.628. The summed E-state index contributed by atoms with van der Waals surface area (Å²) in [4.78, 5) is 12.1. The van der Waals surface area contributed by atoms with E-state index in [2.05, 4.69) is 15.0 Å². The lowest BCUT2D eigenvalue weighted by Crippen LogP contribution is -1.89. The van der Waals surface area contributed by atoms with Crippen LogP contribution in [0.1, 0.15) is 0 Å². The van der Waals surface area contributed by atoms with Crippen molar-refractivity contribution in [2.24, 2.45) is 0 Å². The van der Waals surface area contributed by atoms with Crippen molar-refractivity contribution in [3.8, 4) is 11.4 Å². The van der Waals surface area contributed by atoms with E-state index in [4.69, 9.17) is 0 Å². The number of hydrogen-bond acceptors (Lipinski definition) is 2. The summed E-state index contributed by atoms with van der Waals surface area (Å²) in [6, 6.07) is 14.3. The zero-order chi connectivity index (χ0) is 13.5. The quantitative estimate of drug-likeness (QED) is 0.565. The number of fused-ring (bicyclic) bond motifs is 3. The summed E-state index contributed by atoms with van der Waals surface area (Å²) in [5.41, 5.74) is 3.44. The molecular weight excluding hydrogens is 253 g/mol. The van der Waals surface area contributed by atoms with Crippen LogP contribution >= 0.6 is 0 Å². The average Bonchev–Trinajstić information content (AvgIpc) is 2.85. The largest absolute Gasteiger partial charge is 0.352 e. The first-order valence-electron chi connectivity index (χ1n) is 6.31. The van der Waals surface area contributed by atoms with E-state index in [1.807, 2.05) is 24.3 Å². The number of aromatic nitrogens is 3. The van der Waals surface area contributed by atoms with Crippen LogP contribution in [0.25, 0.3) is 33.3 Å². The van der Waals surface area contributed by atoms with E-state index in [0.717, 1.165) is 21.9 Å². The SMILES string of the molecule is Fc1cccc(-c2ncc3[nH]c4ccccc4c3n2)c1. The molecule has 0 saturated heterocycles. The predicted molar refractivity (Wildman–Crippen MR) is 76.8 cm³/mol. The van der Waals surface area contributed by atoms with Crippen LogP contribution in [-0.4, -0.2) is 15.0 Å². The van der Waals surface area contributed by atoms with Gasteiger partial charge in [0.05, 0.1) is 17.2 Å². The molecule has 0 fully saturated rings. The lowest BCUT2D eigenvalue weighted by atomic mass is 10.2. The fourth-order valence-electron chi connectivity index (χ4n) is 2.39. The molecule has 1 N–H and O–H groups in total. The van der Waals surface area contributed by atoms with Gasteiger partial charge < -0.3 is 4.98 Å².